The first-order valence-electron chi connectivity index (χ1n) is 7.46. The number of ether oxygens (including phenoxy) is 1. The van der Waals surface area contributed by atoms with Crippen LogP contribution in [0.25, 0.3) is 6.08 Å². The van der Waals surface area contributed by atoms with Crippen molar-refractivity contribution in [3.05, 3.63) is 52.3 Å². The third-order valence-corrected chi connectivity index (χ3v) is 4.55. The summed E-state index contributed by atoms with van der Waals surface area (Å²) in [4.78, 5) is 34.4. The van der Waals surface area contributed by atoms with E-state index in [9.17, 15) is 9.59 Å². The molecule has 0 unspecified atom stereocenters. The number of aromatic nitrogens is 2. The molecule has 7 nitrogen and oxygen atoms in total. The van der Waals surface area contributed by atoms with Crippen molar-refractivity contribution in [2.45, 2.75) is 13.5 Å². The highest BCUT2D eigenvalue weighted by molar-refractivity contribution is 8.18. The summed E-state index contributed by atoms with van der Waals surface area (Å²) < 4.78 is 5.27. The van der Waals surface area contributed by atoms with Crippen LogP contribution in [-0.4, -0.2) is 33.1 Å². The van der Waals surface area contributed by atoms with E-state index in [1.54, 1.807) is 26.2 Å². The molecule has 128 valence electrons. The molecule has 1 aromatic carbocycles. The Morgan fingerprint density at radius 3 is 2.80 bits per heavy atom. The van der Waals surface area contributed by atoms with Gasteiger partial charge in [-0.25, -0.2) is 9.97 Å². The fourth-order valence-electron chi connectivity index (χ4n) is 2.37. The van der Waals surface area contributed by atoms with E-state index >= 15 is 0 Å². The number of aryl methyl sites for hydroxylation is 1. The number of methoxy groups -OCH3 is 1. The highest BCUT2D eigenvalue weighted by Gasteiger charge is 2.35. The van der Waals surface area contributed by atoms with Crippen LogP contribution in [0.15, 0.2) is 35.4 Å². The Morgan fingerprint density at radius 2 is 2.08 bits per heavy atom. The molecule has 8 heteroatoms. The molecule has 1 aromatic heterocycles. The number of amides is 2. The zero-order valence-corrected chi connectivity index (χ0v) is 14.5. The minimum atomic E-state index is -0.374. The molecule has 1 fully saturated rings. The Balaban J connectivity index is 1.86. The van der Waals surface area contributed by atoms with Gasteiger partial charge in [-0.1, -0.05) is 18.2 Å². The fraction of sp³-hybridized carbons (Fsp3) is 0.176. The highest BCUT2D eigenvalue weighted by atomic mass is 32.2. The number of para-hydroxylation sites is 1. The molecule has 2 N–H and O–H groups in total. The van der Waals surface area contributed by atoms with Crippen LogP contribution in [0.2, 0.25) is 0 Å². The molecule has 2 amide bonds. The average Bonchev–Trinajstić information content (AvgIpc) is 2.85. The molecule has 0 spiro atoms. The van der Waals surface area contributed by atoms with Gasteiger partial charge in [-0.15, -0.1) is 0 Å². The zero-order valence-electron chi connectivity index (χ0n) is 13.7. The van der Waals surface area contributed by atoms with Crippen LogP contribution in [0, 0.1) is 6.92 Å². The maximum absolute atomic E-state index is 12.6. The van der Waals surface area contributed by atoms with Gasteiger partial charge in [0.25, 0.3) is 11.1 Å². The lowest BCUT2D eigenvalue weighted by Crippen LogP contribution is -2.28. The molecular formula is C17H16N4O3S. The van der Waals surface area contributed by atoms with E-state index in [2.05, 4.69) is 9.97 Å². The van der Waals surface area contributed by atoms with Gasteiger partial charge in [0, 0.05) is 17.3 Å². The summed E-state index contributed by atoms with van der Waals surface area (Å²) in [5.41, 5.74) is 7.11. The first kappa shape index (κ1) is 17.0. The smallest absolute Gasteiger partial charge is 0.293 e. The highest BCUT2D eigenvalue weighted by Crippen LogP contribution is 2.35. The van der Waals surface area contributed by atoms with Crippen LogP contribution in [0.5, 0.6) is 5.75 Å². The van der Waals surface area contributed by atoms with Gasteiger partial charge >= 0.3 is 0 Å². The van der Waals surface area contributed by atoms with E-state index < -0.39 is 0 Å². The van der Waals surface area contributed by atoms with Crippen molar-refractivity contribution in [3.8, 4) is 5.75 Å². The van der Waals surface area contributed by atoms with Crippen molar-refractivity contribution in [2.75, 3.05) is 12.8 Å². The number of carbonyl (C=O) groups is 2. The lowest BCUT2D eigenvalue weighted by Gasteiger charge is -2.13. The second-order valence-electron chi connectivity index (χ2n) is 5.34. The first-order valence-corrected chi connectivity index (χ1v) is 8.27. The maximum atomic E-state index is 12.6. The normalized spacial score (nSPS) is 15.9. The predicted octanol–water partition coefficient (Wildman–Crippen LogP) is 2.61. The summed E-state index contributed by atoms with van der Waals surface area (Å²) in [6.45, 7) is 1.76. The van der Waals surface area contributed by atoms with Crippen LogP contribution < -0.4 is 10.5 Å². The minimum absolute atomic E-state index is 0.0417. The molecule has 0 aliphatic carbocycles. The molecule has 2 heterocycles. The van der Waals surface area contributed by atoms with Gasteiger partial charge in [0.2, 0.25) is 0 Å². The number of nitrogen functional groups attached to an aromatic ring is 1. The number of thioether (sulfide) groups is 1. The van der Waals surface area contributed by atoms with Crippen LogP contribution in [0.1, 0.15) is 17.0 Å². The number of hydrogen-bond donors (Lipinski definition) is 1. The number of nitrogens with zero attached hydrogens (tertiary/aromatic N) is 3. The van der Waals surface area contributed by atoms with Crippen molar-refractivity contribution in [2.24, 2.45) is 0 Å². The molecular weight excluding hydrogens is 340 g/mol. The topological polar surface area (TPSA) is 98.4 Å². The molecule has 0 radical (unpaired) electrons. The van der Waals surface area contributed by atoms with Crippen molar-refractivity contribution in [1.29, 1.82) is 0 Å². The number of rotatable bonds is 4. The van der Waals surface area contributed by atoms with Gasteiger partial charge in [-0.2, -0.15) is 0 Å². The molecule has 1 aliphatic heterocycles. The Labute approximate surface area is 148 Å². The van der Waals surface area contributed by atoms with Crippen molar-refractivity contribution < 1.29 is 14.3 Å². The Morgan fingerprint density at radius 1 is 1.32 bits per heavy atom. The van der Waals surface area contributed by atoms with Gasteiger partial charge in [0.15, 0.2) is 0 Å². The summed E-state index contributed by atoms with van der Waals surface area (Å²) in [5, 5.41) is -0.355. The molecule has 0 atom stereocenters. The molecule has 25 heavy (non-hydrogen) atoms. The summed E-state index contributed by atoms with van der Waals surface area (Å²) in [5.74, 6) is 1.05. The largest absolute Gasteiger partial charge is 0.496 e. The maximum Gasteiger partial charge on any atom is 0.293 e. The third-order valence-electron chi connectivity index (χ3n) is 3.65. The summed E-state index contributed by atoms with van der Waals surface area (Å²) in [7, 11) is 1.55. The second kappa shape index (κ2) is 6.94. The van der Waals surface area contributed by atoms with Gasteiger partial charge in [-0.05, 0) is 30.8 Å². The van der Waals surface area contributed by atoms with Gasteiger partial charge in [-0.3, -0.25) is 14.5 Å². The lowest BCUT2D eigenvalue weighted by atomic mass is 10.2. The number of nitrogens with two attached hydrogens (primary N) is 1. The molecule has 3 rings (SSSR count). The number of anilines is 1. The van der Waals surface area contributed by atoms with Crippen LogP contribution in [0.3, 0.4) is 0 Å². The van der Waals surface area contributed by atoms with E-state index in [1.165, 1.54) is 6.20 Å². The molecule has 1 aliphatic rings. The first-order chi connectivity index (χ1) is 12.0. The number of imide groups is 1. The number of benzene rings is 1. The average molecular weight is 356 g/mol. The van der Waals surface area contributed by atoms with Crippen LogP contribution in [-0.2, 0) is 11.3 Å². The Bertz CT molecular complexity index is 882. The predicted molar refractivity (Wildman–Crippen MR) is 95.7 cm³/mol. The van der Waals surface area contributed by atoms with Gasteiger partial charge in [0.05, 0.1) is 18.6 Å². The third kappa shape index (κ3) is 3.48. The molecule has 2 aromatic rings. The molecule has 1 saturated heterocycles. The lowest BCUT2D eigenvalue weighted by molar-refractivity contribution is -0.123. The monoisotopic (exact) mass is 356 g/mol. The van der Waals surface area contributed by atoms with E-state index in [0.29, 0.717) is 22.0 Å². The quantitative estimate of drug-likeness (QED) is 0.841. The van der Waals surface area contributed by atoms with Crippen molar-refractivity contribution in [1.82, 2.24) is 14.9 Å². The van der Waals surface area contributed by atoms with Crippen molar-refractivity contribution in [3.63, 3.8) is 0 Å². The summed E-state index contributed by atoms with van der Waals surface area (Å²) in [6.07, 6.45) is 3.18. The molecule has 0 bridgehead atoms. The van der Waals surface area contributed by atoms with Gasteiger partial charge in [0.1, 0.15) is 17.4 Å². The fourth-order valence-corrected chi connectivity index (χ4v) is 3.20. The van der Waals surface area contributed by atoms with E-state index in [0.717, 1.165) is 22.2 Å². The van der Waals surface area contributed by atoms with Gasteiger partial charge < -0.3 is 10.5 Å². The SMILES string of the molecule is COc1ccccc1/C=C1\SC(=O)N(Cc2cnc(C)nc2N)C1=O. The van der Waals surface area contributed by atoms with E-state index in [4.69, 9.17) is 10.5 Å². The minimum Gasteiger partial charge on any atom is -0.496 e. The summed E-state index contributed by atoms with van der Waals surface area (Å²) in [6, 6.07) is 7.28. The Hall–Kier alpha value is -2.87. The summed E-state index contributed by atoms with van der Waals surface area (Å²) >= 11 is 0.885. The Kier molecular flexibility index (Phi) is 4.71. The molecule has 0 saturated carbocycles. The van der Waals surface area contributed by atoms with Crippen LogP contribution in [0.4, 0.5) is 10.6 Å². The number of hydrogen-bond acceptors (Lipinski definition) is 7. The standard InChI is InChI=1S/C17H16N4O3S/c1-10-19-8-12(15(18)20-10)9-21-16(22)14(25-17(21)23)7-11-5-3-4-6-13(11)24-2/h3-8H,9H2,1-2H3,(H2,18,19,20)/b14-7-. The van der Waals surface area contributed by atoms with E-state index in [1.807, 2.05) is 18.2 Å². The zero-order chi connectivity index (χ0) is 18.0. The van der Waals surface area contributed by atoms with Crippen LogP contribution >= 0.6 is 11.8 Å². The van der Waals surface area contributed by atoms with E-state index in [-0.39, 0.29) is 23.5 Å². The number of carbonyl (C=O) groups excluding carboxylic acids is 2. The second-order valence-corrected chi connectivity index (χ2v) is 6.33. The van der Waals surface area contributed by atoms with Crippen molar-refractivity contribution >= 4 is 34.8 Å².